The second-order valence-electron chi connectivity index (χ2n) is 7.22. The van der Waals surface area contributed by atoms with Gasteiger partial charge in [-0.3, -0.25) is 14.5 Å². The van der Waals surface area contributed by atoms with Gasteiger partial charge in [0.05, 0.1) is 19.6 Å². The molecule has 0 spiro atoms. The van der Waals surface area contributed by atoms with Crippen molar-refractivity contribution >= 4 is 16.9 Å². The zero-order chi connectivity index (χ0) is 21.1. The Morgan fingerprint density at radius 3 is 2.50 bits per heavy atom. The number of hydrogen-bond donors (Lipinski definition) is 0. The van der Waals surface area contributed by atoms with Crippen LogP contribution < -0.4 is 14.9 Å². The fourth-order valence-electron chi connectivity index (χ4n) is 3.72. The van der Waals surface area contributed by atoms with Gasteiger partial charge in [-0.25, -0.2) is 0 Å². The number of benzene rings is 2. The number of amides is 1. The van der Waals surface area contributed by atoms with Crippen LogP contribution in [-0.4, -0.2) is 56.1 Å². The van der Waals surface area contributed by atoms with Gasteiger partial charge in [0.1, 0.15) is 17.1 Å². The van der Waals surface area contributed by atoms with Crippen LogP contribution in [0.5, 0.6) is 11.5 Å². The van der Waals surface area contributed by atoms with E-state index in [0.717, 1.165) is 17.1 Å². The van der Waals surface area contributed by atoms with Crippen molar-refractivity contribution in [3.63, 3.8) is 0 Å². The SMILES string of the molecule is COc1ccc(OC)c(CN2CCN(C(=O)c3cc(=O)c4ccccc4o3)CC2)c1. The highest BCUT2D eigenvalue weighted by Crippen LogP contribution is 2.26. The number of methoxy groups -OCH3 is 2. The first-order valence-corrected chi connectivity index (χ1v) is 9.84. The highest BCUT2D eigenvalue weighted by Gasteiger charge is 2.25. The molecule has 0 bridgehead atoms. The van der Waals surface area contributed by atoms with E-state index in [0.29, 0.717) is 43.7 Å². The van der Waals surface area contributed by atoms with E-state index in [2.05, 4.69) is 4.90 Å². The number of carbonyl (C=O) groups is 1. The molecule has 2 heterocycles. The Labute approximate surface area is 174 Å². The van der Waals surface area contributed by atoms with Gasteiger partial charge in [-0.05, 0) is 30.3 Å². The first kappa shape index (κ1) is 20.0. The van der Waals surface area contributed by atoms with Crippen molar-refractivity contribution in [3.05, 3.63) is 70.1 Å². The van der Waals surface area contributed by atoms with Crippen LogP contribution in [-0.2, 0) is 6.54 Å². The minimum Gasteiger partial charge on any atom is -0.497 e. The minimum absolute atomic E-state index is 0.0848. The molecule has 0 saturated carbocycles. The third-order valence-corrected chi connectivity index (χ3v) is 5.39. The Balaban J connectivity index is 1.44. The number of ether oxygens (including phenoxy) is 2. The summed E-state index contributed by atoms with van der Waals surface area (Å²) >= 11 is 0. The summed E-state index contributed by atoms with van der Waals surface area (Å²) in [4.78, 5) is 29.2. The number of piperazine rings is 1. The third kappa shape index (κ3) is 4.02. The number of para-hydroxylation sites is 1. The van der Waals surface area contributed by atoms with E-state index in [-0.39, 0.29) is 17.1 Å². The lowest BCUT2D eigenvalue weighted by molar-refractivity contribution is 0.0597. The summed E-state index contributed by atoms with van der Waals surface area (Å²) in [5.41, 5.74) is 1.26. The van der Waals surface area contributed by atoms with Crippen molar-refractivity contribution in [2.24, 2.45) is 0 Å². The fraction of sp³-hybridized carbons (Fsp3) is 0.304. The van der Waals surface area contributed by atoms with Crippen LogP contribution in [0.15, 0.2) is 57.7 Å². The Bertz CT molecular complexity index is 1120. The molecule has 0 atom stereocenters. The maximum Gasteiger partial charge on any atom is 0.289 e. The lowest BCUT2D eigenvalue weighted by atomic mass is 10.1. The molecule has 1 fully saturated rings. The molecule has 1 aromatic heterocycles. The van der Waals surface area contributed by atoms with Gasteiger partial charge in [-0.15, -0.1) is 0 Å². The zero-order valence-corrected chi connectivity index (χ0v) is 17.1. The predicted octanol–water partition coefficient (Wildman–Crippen LogP) is 2.77. The summed E-state index contributed by atoms with van der Waals surface area (Å²) in [6.45, 7) is 3.24. The second kappa shape index (κ2) is 8.59. The number of nitrogens with zero attached hydrogens (tertiary/aromatic N) is 2. The molecule has 1 aliphatic rings. The molecule has 156 valence electrons. The van der Waals surface area contributed by atoms with E-state index in [4.69, 9.17) is 13.9 Å². The number of hydrogen-bond acceptors (Lipinski definition) is 6. The average molecular weight is 408 g/mol. The minimum atomic E-state index is -0.253. The van der Waals surface area contributed by atoms with Crippen LogP contribution in [0.1, 0.15) is 16.1 Å². The van der Waals surface area contributed by atoms with Crippen LogP contribution >= 0.6 is 0 Å². The van der Waals surface area contributed by atoms with Gasteiger partial charge >= 0.3 is 0 Å². The molecular formula is C23H24N2O5. The monoisotopic (exact) mass is 408 g/mol. The first-order chi connectivity index (χ1) is 14.6. The number of rotatable bonds is 5. The quantitative estimate of drug-likeness (QED) is 0.647. The average Bonchev–Trinajstić information content (AvgIpc) is 2.79. The first-order valence-electron chi connectivity index (χ1n) is 9.84. The molecule has 3 aromatic rings. The summed E-state index contributed by atoms with van der Waals surface area (Å²) in [5, 5.41) is 0.478. The highest BCUT2D eigenvalue weighted by molar-refractivity contribution is 5.93. The largest absolute Gasteiger partial charge is 0.497 e. The van der Waals surface area contributed by atoms with E-state index >= 15 is 0 Å². The normalized spacial score (nSPS) is 14.7. The lowest BCUT2D eigenvalue weighted by Crippen LogP contribution is -2.48. The van der Waals surface area contributed by atoms with Crippen LogP contribution in [0.2, 0.25) is 0 Å². The topological polar surface area (TPSA) is 72.2 Å². The molecule has 30 heavy (non-hydrogen) atoms. The van der Waals surface area contributed by atoms with E-state index in [9.17, 15) is 9.59 Å². The van der Waals surface area contributed by atoms with Gasteiger partial charge < -0.3 is 18.8 Å². The van der Waals surface area contributed by atoms with E-state index in [1.54, 1.807) is 43.4 Å². The molecule has 0 N–H and O–H groups in total. The number of fused-ring (bicyclic) bond motifs is 1. The van der Waals surface area contributed by atoms with Crippen LogP contribution in [0.25, 0.3) is 11.0 Å². The van der Waals surface area contributed by atoms with E-state index in [1.165, 1.54) is 6.07 Å². The predicted molar refractivity (Wildman–Crippen MR) is 113 cm³/mol. The van der Waals surface area contributed by atoms with Crippen LogP contribution in [0.4, 0.5) is 0 Å². The zero-order valence-electron chi connectivity index (χ0n) is 17.1. The van der Waals surface area contributed by atoms with Crippen molar-refractivity contribution in [1.29, 1.82) is 0 Å². The van der Waals surface area contributed by atoms with Crippen molar-refractivity contribution in [2.75, 3.05) is 40.4 Å². The number of carbonyl (C=O) groups excluding carboxylic acids is 1. The van der Waals surface area contributed by atoms with E-state index in [1.807, 2.05) is 18.2 Å². The Morgan fingerprint density at radius 2 is 1.77 bits per heavy atom. The van der Waals surface area contributed by atoms with Crippen molar-refractivity contribution in [2.45, 2.75) is 6.54 Å². The van der Waals surface area contributed by atoms with Gasteiger partial charge in [-0.1, -0.05) is 12.1 Å². The fourth-order valence-corrected chi connectivity index (χ4v) is 3.72. The molecule has 0 radical (unpaired) electrons. The molecule has 0 aliphatic carbocycles. The maximum atomic E-state index is 12.9. The summed E-state index contributed by atoms with van der Waals surface area (Å²) in [7, 11) is 3.29. The lowest BCUT2D eigenvalue weighted by Gasteiger charge is -2.34. The second-order valence-corrected chi connectivity index (χ2v) is 7.22. The standard InChI is InChI=1S/C23H24N2O5/c1-28-17-7-8-20(29-2)16(13-17)15-24-9-11-25(12-10-24)23(27)22-14-19(26)18-5-3-4-6-21(18)30-22/h3-8,13-14H,9-12,15H2,1-2H3. The van der Waals surface area contributed by atoms with Gasteiger partial charge in [0.15, 0.2) is 11.2 Å². The Kier molecular flexibility index (Phi) is 5.72. The summed E-state index contributed by atoms with van der Waals surface area (Å²) < 4.78 is 16.5. The van der Waals surface area contributed by atoms with Crippen LogP contribution in [0.3, 0.4) is 0 Å². The van der Waals surface area contributed by atoms with Gasteiger partial charge in [0, 0.05) is 44.4 Å². The smallest absolute Gasteiger partial charge is 0.289 e. The molecule has 7 heteroatoms. The van der Waals surface area contributed by atoms with Gasteiger partial charge in [-0.2, -0.15) is 0 Å². The molecule has 0 unspecified atom stereocenters. The Morgan fingerprint density at radius 1 is 1.00 bits per heavy atom. The van der Waals surface area contributed by atoms with Crippen molar-refractivity contribution in [3.8, 4) is 11.5 Å². The van der Waals surface area contributed by atoms with Gasteiger partial charge in [0.2, 0.25) is 0 Å². The third-order valence-electron chi connectivity index (χ3n) is 5.39. The molecule has 4 rings (SSSR count). The molecule has 1 amide bonds. The molecular weight excluding hydrogens is 384 g/mol. The summed E-state index contributed by atoms with van der Waals surface area (Å²) in [6, 6.07) is 14.0. The molecule has 7 nitrogen and oxygen atoms in total. The van der Waals surface area contributed by atoms with Crippen molar-refractivity contribution < 1.29 is 18.7 Å². The van der Waals surface area contributed by atoms with Gasteiger partial charge in [0.25, 0.3) is 5.91 Å². The Hall–Kier alpha value is -3.32. The summed E-state index contributed by atoms with van der Waals surface area (Å²) in [5.74, 6) is 1.43. The molecule has 1 aliphatic heterocycles. The highest BCUT2D eigenvalue weighted by atomic mass is 16.5. The molecule has 2 aromatic carbocycles. The maximum absolute atomic E-state index is 12.9. The molecule has 1 saturated heterocycles. The van der Waals surface area contributed by atoms with Crippen molar-refractivity contribution in [1.82, 2.24) is 9.80 Å². The summed E-state index contributed by atoms with van der Waals surface area (Å²) in [6.07, 6.45) is 0. The van der Waals surface area contributed by atoms with Crippen LogP contribution in [0, 0.1) is 0 Å². The van der Waals surface area contributed by atoms with E-state index < -0.39 is 0 Å².